The highest BCUT2D eigenvalue weighted by Gasteiger charge is 2.06. The van der Waals surface area contributed by atoms with Crippen LogP contribution in [0.4, 0.5) is 0 Å². The Morgan fingerprint density at radius 3 is 2.67 bits per heavy atom. The average Bonchev–Trinajstić information content (AvgIpc) is 2.49. The van der Waals surface area contributed by atoms with Gasteiger partial charge in [-0.3, -0.25) is 0 Å². The van der Waals surface area contributed by atoms with Crippen LogP contribution in [-0.4, -0.2) is 6.04 Å². The summed E-state index contributed by atoms with van der Waals surface area (Å²) in [6.07, 6.45) is 1.81. The van der Waals surface area contributed by atoms with E-state index in [4.69, 9.17) is 33.7 Å². The van der Waals surface area contributed by atoms with E-state index in [9.17, 15) is 0 Å². The lowest BCUT2D eigenvalue weighted by molar-refractivity contribution is 0.306. The Morgan fingerprint density at radius 1 is 1.14 bits per heavy atom. The first-order chi connectivity index (χ1) is 10.1. The number of hydrogen-bond acceptors (Lipinski definition) is 2. The summed E-state index contributed by atoms with van der Waals surface area (Å²) in [6, 6.07) is 13.7. The predicted molar refractivity (Wildman–Crippen MR) is 89.2 cm³/mol. The van der Waals surface area contributed by atoms with Gasteiger partial charge in [-0.05, 0) is 36.6 Å². The lowest BCUT2D eigenvalue weighted by Crippen LogP contribution is -2.21. The molecule has 2 N–H and O–H groups in total. The Kier molecular flexibility index (Phi) is 5.92. The molecule has 0 fully saturated rings. The quantitative estimate of drug-likeness (QED) is 0.824. The van der Waals surface area contributed by atoms with E-state index in [0.29, 0.717) is 16.7 Å². The van der Waals surface area contributed by atoms with Crippen LogP contribution >= 0.6 is 23.2 Å². The molecule has 2 aromatic rings. The Morgan fingerprint density at radius 2 is 1.90 bits per heavy atom. The highest BCUT2D eigenvalue weighted by Crippen LogP contribution is 2.26. The van der Waals surface area contributed by atoms with E-state index in [0.717, 1.165) is 24.2 Å². The Labute approximate surface area is 135 Å². The molecule has 0 spiro atoms. The van der Waals surface area contributed by atoms with Crippen molar-refractivity contribution in [3.8, 4) is 5.75 Å². The predicted octanol–water partition coefficient (Wildman–Crippen LogP) is 4.85. The third-order valence-electron chi connectivity index (χ3n) is 3.35. The van der Waals surface area contributed by atoms with E-state index < -0.39 is 0 Å². The van der Waals surface area contributed by atoms with Crippen LogP contribution in [0.2, 0.25) is 10.0 Å². The van der Waals surface area contributed by atoms with Gasteiger partial charge in [-0.1, -0.05) is 54.4 Å². The van der Waals surface area contributed by atoms with Crippen molar-refractivity contribution in [3.05, 3.63) is 63.6 Å². The number of hydrogen-bond donors (Lipinski definition) is 1. The van der Waals surface area contributed by atoms with Gasteiger partial charge in [-0.2, -0.15) is 0 Å². The maximum Gasteiger partial charge on any atom is 0.120 e. The van der Waals surface area contributed by atoms with E-state index in [-0.39, 0.29) is 6.04 Å². The van der Waals surface area contributed by atoms with Crippen molar-refractivity contribution in [2.24, 2.45) is 5.73 Å². The Balaban J connectivity index is 2.03. The van der Waals surface area contributed by atoms with Crippen LogP contribution < -0.4 is 10.5 Å². The molecular weight excluding hydrogens is 305 g/mol. The summed E-state index contributed by atoms with van der Waals surface area (Å²) < 4.78 is 5.80. The molecule has 0 aliphatic rings. The molecular formula is C17H19Cl2NO. The fraction of sp³-hybridized carbons (Fsp3) is 0.294. The van der Waals surface area contributed by atoms with Gasteiger partial charge < -0.3 is 10.5 Å². The van der Waals surface area contributed by atoms with Gasteiger partial charge in [-0.25, -0.2) is 0 Å². The first-order valence-corrected chi connectivity index (χ1v) is 7.76. The molecule has 0 saturated carbocycles. The van der Waals surface area contributed by atoms with Crippen molar-refractivity contribution in [2.45, 2.75) is 32.4 Å². The van der Waals surface area contributed by atoms with Gasteiger partial charge in [-0.15, -0.1) is 0 Å². The molecule has 2 rings (SSSR count). The molecule has 2 aromatic carbocycles. The molecule has 0 amide bonds. The minimum Gasteiger partial charge on any atom is -0.489 e. The van der Waals surface area contributed by atoms with E-state index in [1.807, 2.05) is 30.3 Å². The summed E-state index contributed by atoms with van der Waals surface area (Å²) in [5.74, 6) is 0.812. The van der Waals surface area contributed by atoms with Crippen molar-refractivity contribution in [2.75, 3.05) is 0 Å². The van der Waals surface area contributed by atoms with Crippen molar-refractivity contribution < 1.29 is 4.74 Å². The maximum absolute atomic E-state index is 6.15. The second kappa shape index (κ2) is 7.69. The summed E-state index contributed by atoms with van der Waals surface area (Å²) in [4.78, 5) is 0. The standard InChI is InChI=1S/C17H19Cl2NO/c1-2-14(20)9-12-5-3-7-15(10-12)21-11-13-6-4-8-16(18)17(13)19/h3-8,10,14H,2,9,11,20H2,1H3. The number of nitrogens with two attached hydrogens (primary N) is 1. The average molecular weight is 324 g/mol. The lowest BCUT2D eigenvalue weighted by Gasteiger charge is -2.12. The van der Waals surface area contributed by atoms with Crippen LogP contribution in [0, 0.1) is 0 Å². The third kappa shape index (κ3) is 4.63. The van der Waals surface area contributed by atoms with Gasteiger partial charge in [0.05, 0.1) is 10.0 Å². The van der Waals surface area contributed by atoms with Gasteiger partial charge in [0.15, 0.2) is 0 Å². The zero-order valence-electron chi connectivity index (χ0n) is 12.0. The van der Waals surface area contributed by atoms with Gasteiger partial charge in [0.1, 0.15) is 12.4 Å². The highest BCUT2D eigenvalue weighted by atomic mass is 35.5. The SMILES string of the molecule is CCC(N)Cc1cccc(OCc2cccc(Cl)c2Cl)c1. The number of halogens is 2. The highest BCUT2D eigenvalue weighted by molar-refractivity contribution is 6.42. The first kappa shape index (κ1) is 16.2. The summed E-state index contributed by atoms with van der Waals surface area (Å²) in [7, 11) is 0. The summed E-state index contributed by atoms with van der Waals surface area (Å²) in [5.41, 5.74) is 8.04. The fourth-order valence-electron chi connectivity index (χ4n) is 2.03. The lowest BCUT2D eigenvalue weighted by atomic mass is 10.0. The molecule has 0 aliphatic heterocycles. The zero-order chi connectivity index (χ0) is 15.2. The monoisotopic (exact) mass is 323 g/mol. The van der Waals surface area contributed by atoms with Crippen LogP contribution in [0.25, 0.3) is 0 Å². The number of ether oxygens (including phenoxy) is 1. The van der Waals surface area contributed by atoms with Gasteiger partial charge in [0, 0.05) is 11.6 Å². The molecule has 4 heteroatoms. The van der Waals surface area contributed by atoms with Crippen molar-refractivity contribution in [3.63, 3.8) is 0 Å². The molecule has 1 unspecified atom stereocenters. The van der Waals surface area contributed by atoms with E-state index in [1.165, 1.54) is 5.56 Å². The van der Waals surface area contributed by atoms with Gasteiger partial charge in [0.25, 0.3) is 0 Å². The summed E-state index contributed by atoms with van der Waals surface area (Å²) in [6.45, 7) is 2.48. The van der Waals surface area contributed by atoms with Crippen molar-refractivity contribution in [1.82, 2.24) is 0 Å². The van der Waals surface area contributed by atoms with Gasteiger partial charge in [0.2, 0.25) is 0 Å². The normalized spacial score (nSPS) is 12.2. The second-order valence-electron chi connectivity index (χ2n) is 5.02. The van der Waals surface area contributed by atoms with Gasteiger partial charge >= 0.3 is 0 Å². The molecule has 21 heavy (non-hydrogen) atoms. The van der Waals surface area contributed by atoms with Crippen LogP contribution in [0.5, 0.6) is 5.75 Å². The summed E-state index contributed by atoms with van der Waals surface area (Å²) in [5, 5.41) is 1.09. The molecule has 1 atom stereocenters. The first-order valence-electron chi connectivity index (χ1n) is 7.00. The van der Waals surface area contributed by atoms with Crippen molar-refractivity contribution in [1.29, 1.82) is 0 Å². The second-order valence-corrected chi connectivity index (χ2v) is 5.81. The molecule has 0 saturated heterocycles. The topological polar surface area (TPSA) is 35.2 Å². The number of benzene rings is 2. The maximum atomic E-state index is 6.15. The molecule has 0 heterocycles. The van der Waals surface area contributed by atoms with E-state index >= 15 is 0 Å². The molecule has 0 aliphatic carbocycles. The Bertz CT molecular complexity index is 601. The van der Waals surface area contributed by atoms with Crippen LogP contribution in [0.3, 0.4) is 0 Å². The Hall–Kier alpha value is -1.22. The minimum atomic E-state index is 0.183. The van der Waals surface area contributed by atoms with Crippen LogP contribution in [-0.2, 0) is 13.0 Å². The number of rotatable bonds is 6. The molecule has 0 bridgehead atoms. The fourth-order valence-corrected chi connectivity index (χ4v) is 2.41. The molecule has 2 nitrogen and oxygen atoms in total. The largest absolute Gasteiger partial charge is 0.489 e. The smallest absolute Gasteiger partial charge is 0.120 e. The third-order valence-corrected chi connectivity index (χ3v) is 4.20. The molecule has 0 aromatic heterocycles. The molecule has 0 radical (unpaired) electrons. The zero-order valence-corrected chi connectivity index (χ0v) is 13.5. The van der Waals surface area contributed by atoms with Crippen LogP contribution in [0.15, 0.2) is 42.5 Å². The summed E-state index contributed by atoms with van der Waals surface area (Å²) >= 11 is 12.1. The minimum absolute atomic E-state index is 0.183. The molecule has 112 valence electrons. The van der Waals surface area contributed by atoms with E-state index in [1.54, 1.807) is 6.07 Å². The van der Waals surface area contributed by atoms with Crippen LogP contribution in [0.1, 0.15) is 24.5 Å². The van der Waals surface area contributed by atoms with E-state index in [2.05, 4.69) is 13.0 Å². The van der Waals surface area contributed by atoms with Crippen molar-refractivity contribution >= 4 is 23.2 Å².